The fourth-order valence-electron chi connectivity index (χ4n) is 2.88. The monoisotopic (exact) mass is 290 g/mol. The maximum Gasteiger partial charge on any atom is 0.482 e. The van der Waals surface area contributed by atoms with Crippen molar-refractivity contribution in [2.24, 2.45) is 0 Å². The summed E-state index contributed by atoms with van der Waals surface area (Å²) in [6, 6.07) is 0. The minimum Gasteiger partial charge on any atom is -0.345 e. The van der Waals surface area contributed by atoms with E-state index in [-0.39, 0.29) is 26.2 Å². The lowest BCUT2D eigenvalue weighted by atomic mass is 10.1. The zero-order valence-corrected chi connectivity index (χ0v) is 11.5. The predicted molar refractivity (Wildman–Crippen MR) is 66.3 cm³/mol. The standard InChI is InChI=1S/C10H18N4O6/c1-11-5-9(13(15)16,14(17)18)6-12(2)8-10(7-11)19-3-4-20-10/h3-8H2,1-2H3. The van der Waals surface area contributed by atoms with E-state index in [2.05, 4.69) is 0 Å². The molecule has 2 aliphatic heterocycles. The molecule has 2 rings (SSSR count). The normalized spacial score (nSPS) is 27.1. The first-order chi connectivity index (χ1) is 9.30. The third kappa shape index (κ3) is 2.59. The van der Waals surface area contributed by atoms with Gasteiger partial charge in [0.15, 0.2) is 5.79 Å². The summed E-state index contributed by atoms with van der Waals surface area (Å²) in [5.41, 5.74) is -2.23. The molecule has 0 atom stereocenters. The molecule has 0 aromatic carbocycles. The van der Waals surface area contributed by atoms with E-state index in [1.807, 2.05) is 0 Å². The topological polar surface area (TPSA) is 111 Å². The van der Waals surface area contributed by atoms with Crippen molar-refractivity contribution in [3.8, 4) is 0 Å². The van der Waals surface area contributed by atoms with Gasteiger partial charge in [-0.2, -0.15) is 0 Å². The SMILES string of the molecule is CN1CC2(CN(C)CC([N+](=O)[O-])([N+](=O)[O-])C1)OCCO2. The van der Waals surface area contributed by atoms with Gasteiger partial charge in [0.05, 0.1) is 26.3 Å². The maximum atomic E-state index is 11.2. The van der Waals surface area contributed by atoms with E-state index in [4.69, 9.17) is 9.47 Å². The molecule has 2 aliphatic rings. The molecule has 0 amide bonds. The van der Waals surface area contributed by atoms with Gasteiger partial charge in [0.1, 0.15) is 22.9 Å². The molecule has 114 valence electrons. The first-order valence-corrected chi connectivity index (χ1v) is 6.24. The van der Waals surface area contributed by atoms with Crippen molar-refractivity contribution < 1.29 is 19.3 Å². The lowest BCUT2D eigenvalue weighted by Gasteiger charge is -2.38. The van der Waals surface area contributed by atoms with Crippen LogP contribution in [0.15, 0.2) is 0 Å². The Morgan fingerprint density at radius 3 is 1.65 bits per heavy atom. The Labute approximate surface area is 115 Å². The highest BCUT2D eigenvalue weighted by Gasteiger charge is 2.60. The van der Waals surface area contributed by atoms with Crippen molar-refractivity contribution in [1.29, 1.82) is 0 Å². The molecule has 0 bridgehead atoms. The molecule has 10 heteroatoms. The van der Waals surface area contributed by atoms with Crippen LogP contribution in [0, 0.1) is 20.2 Å². The Morgan fingerprint density at radius 1 is 0.900 bits per heavy atom. The van der Waals surface area contributed by atoms with E-state index in [9.17, 15) is 20.2 Å². The lowest BCUT2D eigenvalue weighted by molar-refractivity contribution is -0.795. The molecule has 1 spiro atoms. The van der Waals surface area contributed by atoms with Crippen molar-refractivity contribution in [2.75, 3.05) is 53.5 Å². The summed E-state index contributed by atoms with van der Waals surface area (Å²) in [4.78, 5) is 23.9. The molecule has 10 nitrogen and oxygen atoms in total. The van der Waals surface area contributed by atoms with Crippen molar-refractivity contribution in [2.45, 2.75) is 11.4 Å². The zero-order valence-electron chi connectivity index (χ0n) is 11.5. The average Bonchev–Trinajstić information content (AvgIpc) is 2.73. The zero-order chi connectivity index (χ0) is 15.0. The van der Waals surface area contributed by atoms with Gasteiger partial charge in [-0.3, -0.25) is 30.0 Å². The summed E-state index contributed by atoms with van der Waals surface area (Å²) in [6.45, 7) is 0.813. The van der Waals surface area contributed by atoms with Gasteiger partial charge in [0.2, 0.25) is 0 Å². The van der Waals surface area contributed by atoms with E-state index in [0.717, 1.165) is 0 Å². The van der Waals surface area contributed by atoms with Crippen LogP contribution in [0.5, 0.6) is 0 Å². The molecule has 20 heavy (non-hydrogen) atoms. The van der Waals surface area contributed by atoms with Gasteiger partial charge in [0.25, 0.3) is 0 Å². The van der Waals surface area contributed by atoms with Crippen LogP contribution in [0.1, 0.15) is 0 Å². The van der Waals surface area contributed by atoms with Crippen molar-refractivity contribution in [3.05, 3.63) is 20.2 Å². The third-order valence-electron chi connectivity index (χ3n) is 3.56. The number of ether oxygens (including phenoxy) is 2. The van der Waals surface area contributed by atoms with Crippen LogP contribution in [0.4, 0.5) is 0 Å². The van der Waals surface area contributed by atoms with Gasteiger partial charge in [-0.1, -0.05) is 0 Å². The highest BCUT2D eigenvalue weighted by Crippen LogP contribution is 2.26. The van der Waals surface area contributed by atoms with Gasteiger partial charge in [-0.25, -0.2) is 0 Å². The van der Waals surface area contributed by atoms with Crippen molar-refractivity contribution >= 4 is 0 Å². The van der Waals surface area contributed by atoms with E-state index in [0.29, 0.717) is 13.2 Å². The molecular weight excluding hydrogens is 272 g/mol. The Balaban J connectivity index is 2.27. The summed E-state index contributed by atoms with van der Waals surface area (Å²) < 4.78 is 11.2. The van der Waals surface area contributed by atoms with Crippen LogP contribution < -0.4 is 0 Å². The van der Waals surface area contributed by atoms with E-state index in [1.165, 1.54) is 9.80 Å². The summed E-state index contributed by atoms with van der Waals surface area (Å²) in [6.07, 6.45) is 0. The molecule has 0 aromatic heterocycles. The van der Waals surface area contributed by atoms with E-state index < -0.39 is 21.3 Å². The van der Waals surface area contributed by atoms with Gasteiger partial charge in [-0.15, -0.1) is 0 Å². The van der Waals surface area contributed by atoms with E-state index in [1.54, 1.807) is 14.1 Å². The second-order valence-corrected chi connectivity index (χ2v) is 5.45. The fourth-order valence-corrected chi connectivity index (χ4v) is 2.88. The van der Waals surface area contributed by atoms with Gasteiger partial charge < -0.3 is 9.47 Å². The van der Waals surface area contributed by atoms with Crippen LogP contribution in [0.3, 0.4) is 0 Å². The molecule has 0 N–H and O–H groups in total. The Hall–Kier alpha value is -1.36. The number of rotatable bonds is 2. The third-order valence-corrected chi connectivity index (χ3v) is 3.56. The first kappa shape index (κ1) is 15.0. The van der Waals surface area contributed by atoms with Crippen molar-refractivity contribution in [1.82, 2.24) is 9.80 Å². The number of hydrogen-bond acceptors (Lipinski definition) is 8. The van der Waals surface area contributed by atoms with Crippen LogP contribution in [0.2, 0.25) is 0 Å². The molecule has 0 saturated carbocycles. The lowest BCUT2D eigenvalue weighted by Crippen LogP contribution is -2.65. The second kappa shape index (κ2) is 5.20. The summed E-state index contributed by atoms with van der Waals surface area (Å²) in [7, 11) is 3.19. The second-order valence-electron chi connectivity index (χ2n) is 5.45. The van der Waals surface area contributed by atoms with Crippen LogP contribution in [-0.4, -0.2) is 84.6 Å². The molecule has 2 fully saturated rings. The quantitative estimate of drug-likeness (QED) is 0.356. The Kier molecular flexibility index (Phi) is 3.91. The molecular formula is C10H18N4O6. The summed E-state index contributed by atoms with van der Waals surface area (Å²) >= 11 is 0. The first-order valence-electron chi connectivity index (χ1n) is 6.24. The van der Waals surface area contributed by atoms with Gasteiger partial charge in [0, 0.05) is 0 Å². The van der Waals surface area contributed by atoms with Crippen LogP contribution in [-0.2, 0) is 9.47 Å². The van der Waals surface area contributed by atoms with Crippen LogP contribution in [0.25, 0.3) is 0 Å². The number of nitrogens with zero attached hydrogens (tertiary/aromatic N) is 4. The van der Waals surface area contributed by atoms with Gasteiger partial charge >= 0.3 is 5.66 Å². The van der Waals surface area contributed by atoms with Crippen LogP contribution >= 0.6 is 0 Å². The molecule has 0 aliphatic carbocycles. The molecule has 0 aromatic rings. The maximum absolute atomic E-state index is 11.2. The summed E-state index contributed by atoms with van der Waals surface area (Å²) in [5.74, 6) is -0.858. The minimum absolute atomic E-state index is 0.251. The summed E-state index contributed by atoms with van der Waals surface area (Å²) in [5, 5.41) is 22.5. The van der Waals surface area contributed by atoms with E-state index >= 15 is 0 Å². The molecule has 2 heterocycles. The van der Waals surface area contributed by atoms with Crippen molar-refractivity contribution in [3.63, 3.8) is 0 Å². The average molecular weight is 290 g/mol. The Morgan fingerprint density at radius 2 is 1.30 bits per heavy atom. The number of likely N-dealkylation sites (N-methyl/N-ethyl adjacent to an activating group) is 2. The fraction of sp³-hybridized carbons (Fsp3) is 1.00. The molecule has 0 radical (unpaired) electrons. The largest absolute Gasteiger partial charge is 0.482 e. The minimum atomic E-state index is -2.23. The molecule has 2 saturated heterocycles. The van der Waals surface area contributed by atoms with Gasteiger partial charge in [-0.05, 0) is 14.1 Å². The highest BCUT2D eigenvalue weighted by atomic mass is 16.7. The number of hydrogen-bond donors (Lipinski definition) is 0. The molecule has 0 unspecified atom stereocenters. The highest BCUT2D eigenvalue weighted by molar-refractivity contribution is 4.88. The number of nitro groups is 2. The Bertz CT molecular complexity index is 379. The smallest absolute Gasteiger partial charge is 0.345 e. The predicted octanol–water partition coefficient (Wildman–Crippen LogP) is -1.14.